The van der Waals surface area contributed by atoms with E-state index in [-0.39, 0.29) is 0 Å². The van der Waals surface area contributed by atoms with Gasteiger partial charge in [0.1, 0.15) is 11.2 Å². The highest BCUT2D eigenvalue weighted by Crippen LogP contribution is 2.37. The number of hydrogen-bond acceptors (Lipinski definition) is 4. The number of fused-ring (bicyclic) bond motifs is 7. The lowest BCUT2D eigenvalue weighted by Crippen LogP contribution is -2.00. The molecule has 0 aliphatic carbocycles. The molecule has 4 nitrogen and oxygen atoms in total. The normalized spacial score (nSPS) is 11.7. The number of benzene rings is 8. The van der Waals surface area contributed by atoms with Crippen molar-refractivity contribution in [3.05, 3.63) is 164 Å². The van der Waals surface area contributed by atoms with Gasteiger partial charge in [0.2, 0.25) is 0 Å². The van der Waals surface area contributed by atoms with E-state index in [4.69, 9.17) is 19.4 Å². The monoisotopic (exact) mass is 625 g/mol. The van der Waals surface area contributed by atoms with Gasteiger partial charge in [-0.1, -0.05) is 140 Å². The smallest absolute Gasteiger partial charge is 0.164 e. The van der Waals surface area contributed by atoms with Crippen molar-refractivity contribution in [2.45, 2.75) is 0 Å². The summed E-state index contributed by atoms with van der Waals surface area (Å²) in [6.07, 6.45) is 0. The summed E-state index contributed by atoms with van der Waals surface area (Å²) in [5.74, 6) is 1.85. The van der Waals surface area contributed by atoms with Crippen LogP contribution >= 0.6 is 0 Å². The van der Waals surface area contributed by atoms with E-state index in [1.165, 1.54) is 32.5 Å². The number of hydrogen-bond donors (Lipinski definition) is 0. The molecule has 0 spiro atoms. The molecule has 10 aromatic rings. The molecule has 0 fully saturated rings. The minimum Gasteiger partial charge on any atom is -0.456 e. The van der Waals surface area contributed by atoms with E-state index < -0.39 is 0 Å². The molecule has 2 heterocycles. The Morgan fingerprint density at radius 1 is 0.327 bits per heavy atom. The van der Waals surface area contributed by atoms with Crippen molar-refractivity contribution in [1.29, 1.82) is 0 Å². The van der Waals surface area contributed by atoms with Crippen molar-refractivity contribution in [2.75, 3.05) is 0 Å². The summed E-state index contributed by atoms with van der Waals surface area (Å²) in [6.45, 7) is 0. The van der Waals surface area contributed by atoms with Crippen molar-refractivity contribution >= 4 is 54.3 Å². The summed E-state index contributed by atoms with van der Waals surface area (Å²) >= 11 is 0. The predicted octanol–water partition coefficient (Wildman–Crippen LogP) is 11.9. The second-order valence-corrected chi connectivity index (χ2v) is 12.4. The zero-order chi connectivity index (χ0) is 32.3. The van der Waals surface area contributed by atoms with Gasteiger partial charge in [-0.3, -0.25) is 0 Å². The first-order chi connectivity index (χ1) is 24.2. The summed E-state index contributed by atoms with van der Waals surface area (Å²) in [4.78, 5) is 15.3. The lowest BCUT2D eigenvalue weighted by molar-refractivity contribution is 0.669. The maximum atomic E-state index is 6.23. The first-order valence-electron chi connectivity index (χ1n) is 16.4. The third-order valence-electron chi connectivity index (χ3n) is 9.51. The molecule has 10 rings (SSSR count). The van der Waals surface area contributed by atoms with Crippen LogP contribution in [-0.4, -0.2) is 15.0 Å². The molecule has 4 heteroatoms. The van der Waals surface area contributed by atoms with E-state index in [2.05, 4.69) is 133 Å². The van der Waals surface area contributed by atoms with Crippen LogP contribution in [0.3, 0.4) is 0 Å². The van der Waals surface area contributed by atoms with Crippen molar-refractivity contribution in [1.82, 2.24) is 15.0 Å². The molecule has 0 bridgehead atoms. The van der Waals surface area contributed by atoms with Crippen LogP contribution in [0.4, 0.5) is 0 Å². The molecule has 0 unspecified atom stereocenters. The summed E-state index contributed by atoms with van der Waals surface area (Å²) in [5, 5.41) is 9.34. The van der Waals surface area contributed by atoms with E-state index in [9.17, 15) is 0 Å². The van der Waals surface area contributed by atoms with Crippen LogP contribution in [0.2, 0.25) is 0 Å². The molecule has 0 aliphatic heterocycles. The second-order valence-electron chi connectivity index (χ2n) is 12.4. The molecule has 2 aromatic heterocycles. The first-order valence-corrected chi connectivity index (χ1v) is 16.4. The van der Waals surface area contributed by atoms with Crippen molar-refractivity contribution in [3.8, 4) is 45.3 Å². The van der Waals surface area contributed by atoms with Crippen LogP contribution in [-0.2, 0) is 0 Å². The maximum absolute atomic E-state index is 6.23. The maximum Gasteiger partial charge on any atom is 0.164 e. The van der Waals surface area contributed by atoms with Crippen LogP contribution in [0.15, 0.2) is 168 Å². The van der Waals surface area contributed by atoms with Gasteiger partial charge in [0, 0.05) is 27.5 Å². The van der Waals surface area contributed by atoms with Gasteiger partial charge in [-0.15, -0.1) is 0 Å². The van der Waals surface area contributed by atoms with Crippen LogP contribution < -0.4 is 0 Å². The fraction of sp³-hybridized carbons (Fsp3) is 0. The molecule has 228 valence electrons. The van der Waals surface area contributed by atoms with Crippen molar-refractivity contribution in [2.24, 2.45) is 0 Å². The highest BCUT2D eigenvalue weighted by molar-refractivity contribution is 6.12. The first kappa shape index (κ1) is 27.5. The molecule has 0 radical (unpaired) electrons. The number of para-hydroxylation sites is 1. The third kappa shape index (κ3) is 4.65. The minimum absolute atomic E-state index is 0.607. The third-order valence-corrected chi connectivity index (χ3v) is 9.51. The standard InChI is InChI=1S/C45H27N3O/c1-2-10-33-26-35(25-18-28(33)8-1)44-46-43(47-45(48-44)38-13-7-15-41-42(38)37-12-5-6-14-40(37)49-41)32-22-16-29(17-23-32)34-24-21-31-20-19-30-9-3-4-11-36(30)39(31)27-34/h1-27H. The summed E-state index contributed by atoms with van der Waals surface area (Å²) in [7, 11) is 0. The molecule has 0 saturated carbocycles. The Kier molecular flexibility index (Phi) is 6.15. The fourth-order valence-electron chi connectivity index (χ4n) is 7.04. The zero-order valence-electron chi connectivity index (χ0n) is 26.3. The number of nitrogens with zero attached hydrogens (tertiary/aromatic N) is 3. The van der Waals surface area contributed by atoms with E-state index in [0.29, 0.717) is 17.5 Å². The predicted molar refractivity (Wildman–Crippen MR) is 201 cm³/mol. The highest BCUT2D eigenvalue weighted by Gasteiger charge is 2.18. The van der Waals surface area contributed by atoms with Gasteiger partial charge in [-0.25, -0.2) is 15.0 Å². The van der Waals surface area contributed by atoms with Gasteiger partial charge in [-0.2, -0.15) is 0 Å². The molecule has 49 heavy (non-hydrogen) atoms. The van der Waals surface area contributed by atoms with E-state index in [0.717, 1.165) is 49.6 Å². The SMILES string of the molecule is c1ccc2cc(-c3nc(-c4ccc(-c5ccc6ccc7ccccc7c6c5)cc4)nc(-c4cccc5oc6ccccc6c45)n3)ccc2c1. The van der Waals surface area contributed by atoms with Gasteiger partial charge in [-0.05, 0) is 67.7 Å². The molecule has 0 aliphatic rings. The Hall–Kier alpha value is -6.65. The Labute approximate surface area is 282 Å². The van der Waals surface area contributed by atoms with Gasteiger partial charge < -0.3 is 4.42 Å². The van der Waals surface area contributed by atoms with Crippen molar-refractivity contribution in [3.63, 3.8) is 0 Å². The van der Waals surface area contributed by atoms with Crippen LogP contribution in [0.5, 0.6) is 0 Å². The number of furan rings is 1. The molecule has 8 aromatic carbocycles. The zero-order valence-corrected chi connectivity index (χ0v) is 26.3. The van der Waals surface area contributed by atoms with E-state index in [1.54, 1.807) is 0 Å². The Morgan fingerprint density at radius 2 is 0.898 bits per heavy atom. The number of rotatable bonds is 4. The highest BCUT2D eigenvalue weighted by atomic mass is 16.3. The summed E-state index contributed by atoms with van der Waals surface area (Å²) in [5.41, 5.74) is 6.72. The topological polar surface area (TPSA) is 51.8 Å². The van der Waals surface area contributed by atoms with E-state index in [1.807, 2.05) is 30.3 Å². The lowest BCUT2D eigenvalue weighted by Gasteiger charge is -2.11. The lowest BCUT2D eigenvalue weighted by atomic mass is 9.97. The Balaban J connectivity index is 1.13. The molecule has 0 atom stereocenters. The van der Waals surface area contributed by atoms with Crippen molar-refractivity contribution < 1.29 is 4.42 Å². The van der Waals surface area contributed by atoms with Crippen LogP contribution in [0.25, 0.3) is 99.5 Å². The summed E-state index contributed by atoms with van der Waals surface area (Å²) < 4.78 is 6.23. The molecule has 0 N–H and O–H groups in total. The second kappa shape index (κ2) is 11.0. The minimum atomic E-state index is 0.607. The van der Waals surface area contributed by atoms with Crippen LogP contribution in [0.1, 0.15) is 0 Å². The number of aromatic nitrogens is 3. The Bertz CT molecular complexity index is 2890. The molecular formula is C45H27N3O. The van der Waals surface area contributed by atoms with Gasteiger partial charge >= 0.3 is 0 Å². The van der Waals surface area contributed by atoms with Gasteiger partial charge in [0.25, 0.3) is 0 Å². The largest absolute Gasteiger partial charge is 0.456 e. The Morgan fingerprint density at radius 3 is 1.76 bits per heavy atom. The average molecular weight is 626 g/mol. The van der Waals surface area contributed by atoms with E-state index >= 15 is 0 Å². The van der Waals surface area contributed by atoms with Crippen LogP contribution in [0, 0.1) is 0 Å². The fourth-order valence-corrected chi connectivity index (χ4v) is 7.04. The van der Waals surface area contributed by atoms with Gasteiger partial charge in [0.05, 0.1) is 0 Å². The molecule has 0 saturated heterocycles. The average Bonchev–Trinajstić information content (AvgIpc) is 3.56. The summed E-state index contributed by atoms with van der Waals surface area (Å²) in [6, 6.07) is 57.1. The quantitative estimate of drug-likeness (QED) is 0.183. The molecular weight excluding hydrogens is 599 g/mol. The molecule has 0 amide bonds. The van der Waals surface area contributed by atoms with Gasteiger partial charge in [0.15, 0.2) is 17.5 Å².